The van der Waals surface area contributed by atoms with Crippen molar-refractivity contribution in [2.75, 3.05) is 18.6 Å². The second-order valence-electron chi connectivity index (χ2n) is 6.52. The third-order valence-corrected chi connectivity index (χ3v) is 4.89. The van der Waals surface area contributed by atoms with Crippen LogP contribution in [0, 0.1) is 0 Å². The molecule has 5 nitrogen and oxygen atoms in total. The third kappa shape index (κ3) is 2.76. The molecule has 4 rings (SSSR count). The Hall–Kier alpha value is -2.82. The van der Waals surface area contributed by atoms with Crippen molar-refractivity contribution in [3.8, 4) is 5.75 Å². The lowest BCUT2D eigenvalue weighted by molar-refractivity contribution is -0.119. The largest absolute Gasteiger partial charge is 0.493 e. The highest BCUT2D eigenvalue weighted by Gasteiger charge is 2.43. The number of carbonyl (C=O) groups excluding carboxylic acids is 2. The predicted molar refractivity (Wildman–Crippen MR) is 94.8 cm³/mol. The number of rotatable bonds is 3. The number of ether oxygens (including phenoxy) is 1. The van der Waals surface area contributed by atoms with Crippen LogP contribution in [-0.4, -0.2) is 36.5 Å². The summed E-state index contributed by atoms with van der Waals surface area (Å²) in [6, 6.07) is 14.6. The Morgan fingerprint density at radius 3 is 2.72 bits per heavy atom. The predicted octanol–water partition coefficient (Wildman–Crippen LogP) is 3.02. The summed E-state index contributed by atoms with van der Waals surface area (Å²) >= 11 is 0. The van der Waals surface area contributed by atoms with Crippen LogP contribution in [0.5, 0.6) is 5.75 Å². The van der Waals surface area contributed by atoms with Crippen molar-refractivity contribution in [2.24, 2.45) is 0 Å². The quantitative estimate of drug-likeness (QED) is 0.810. The molecular formula is C20H20N2O3. The van der Waals surface area contributed by atoms with Crippen molar-refractivity contribution in [1.82, 2.24) is 4.90 Å². The zero-order valence-electron chi connectivity index (χ0n) is 14.1. The summed E-state index contributed by atoms with van der Waals surface area (Å²) in [6.45, 7) is 0.718. The van der Waals surface area contributed by atoms with Gasteiger partial charge in [-0.25, -0.2) is 9.69 Å². The van der Waals surface area contributed by atoms with E-state index in [9.17, 15) is 9.59 Å². The summed E-state index contributed by atoms with van der Waals surface area (Å²) in [5.74, 6) is 0.677. The topological polar surface area (TPSA) is 49.9 Å². The molecule has 0 spiro atoms. The standard InChI is InChI=1S/C20H20N2O3/c1-21-17(12-14-6-3-2-4-7-14)19(23)22(20(21)24)16-9-10-18-15(13-16)8-5-11-25-18/h2-4,6-7,9-10,13,17H,5,8,11-12H2,1H3. The Balaban J connectivity index is 1.62. The van der Waals surface area contributed by atoms with Gasteiger partial charge < -0.3 is 9.64 Å². The van der Waals surface area contributed by atoms with Crippen LogP contribution in [0.3, 0.4) is 0 Å². The molecule has 0 saturated carbocycles. The van der Waals surface area contributed by atoms with E-state index in [1.54, 1.807) is 13.1 Å². The van der Waals surface area contributed by atoms with Crippen LogP contribution in [-0.2, 0) is 17.6 Å². The minimum Gasteiger partial charge on any atom is -0.493 e. The highest BCUT2D eigenvalue weighted by molar-refractivity contribution is 6.21. The molecule has 0 aromatic heterocycles. The van der Waals surface area contributed by atoms with Crippen LogP contribution in [0.25, 0.3) is 0 Å². The van der Waals surface area contributed by atoms with E-state index in [4.69, 9.17) is 4.74 Å². The van der Waals surface area contributed by atoms with E-state index in [0.29, 0.717) is 12.1 Å². The molecule has 25 heavy (non-hydrogen) atoms. The van der Waals surface area contributed by atoms with Crippen molar-refractivity contribution < 1.29 is 14.3 Å². The van der Waals surface area contributed by atoms with Crippen LogP contribution in [0.4, 0.5) is 10.5 Å². The van der Waals surface area contributed by atoms with Gasteiger partial charge in [0.2, 0.25) is 0 Å². The lowest BCUT2D eigenvalue weighted by Crippen LogP contribution is -2.33. The average Bonchev–Trinajstić information content (AvgIpc) is 2.86. The smallest absolute Gasteiger partial charge is 0.331 e. The monoisotopic (exact) mass is 336 g/mol. The van der Waals surface area contributed by atoms with Crippen molar-refractivity contribution >= 4 is 17.6 Å². The number of hydrogen-bond acceptors (Lipinski definition) is 3. The van der Waals surface area contributed by atoms with Gasteiger partial charge in [0, 0.05) is 13.5 Å². The van der Waals surface area contributed by atoms with Crippen LogP contribution in [0.1, 0.15) is 17.5 Å². The first kappa shape index (κ1) is 15.7. The first-order valence-electron chi connectivity index (χ1n) is 8.55. The van der Waals surface area contributed by atoms with E-state index in [1.165, 1.54) is 9.80 Å². The molecule has 5 heteroatoms. The Labute approximate surface area is 146 Å². The van der Waals surface area contributed by atoms with E-state index in [-0.39, 0.29) is 11.9 Å². The highest BCUT2D eigenvalue weighted by atomic mass is 16.5. The summed E-state index contributed by atoms with van der Waals surface area (Å²) in [7, 11) is 1.69. The zero-order valence-corrected chi connectivity index (χ0v) is 14.1. The van der Waals surface area contributed by atoms with Crippen LogP contribution in [0.15, 0.2) is 48.5 Å². The van der Waals surface area contributed by atoms with Gasteiger partial charge in [-0.3, -0.25) is 4.79 Å². The molecule has 1 atom stereocenters. The van der Waals surface area contributed by atoms with E-state index >= 15 is 0 Å². The SMILES string of the molecule is CN1C(=O)N(c2ccc3c(c2)CCCO3)C(=O)C1Cc1ccccc1. The van der Waals surface area contributed by atoms with E-state index in [2.05, 4.69) is 0 Å². The maximum atomic E-state index is 12.9. The van der Waals surface area contributed by atoms with Gasteiger partial charge in [-0.15, -0.1) is 0 Å². The number of amides is 3. The van der Waals surface area contributed by atoms with E-state index in [1.807, 2.05) is 42.5 Å². The summed E-state index contributed by atoms with van der Waals surface area (Å²) in [5.41, 5.74) is 2.72. The first-order chi connectivity index (χ1) is 12.1. The Morgan fingerprint density at radius 1 is 1.12 bits per heavy atom. The Bertz CT molecular complexity index is 819. The molecular weight excluding hydrogens is 316 g/mol. The summed E-state index contributed by atoms with van der Waals surface area (Å²) in [4.78, 5) is 28.4. The zero-order chi connectivity index (χ0) is 17.4. The normalized spacial score (nSPS) is 19.8. The van der Waals surface area contributed by atoms with Crippen LogP contribution in [0.2, 0.25) is 0 Å². The average molecular weight is 336 g/mol. The second kappa shape index (κ2) is 6.24. The molecule has 2 heterocycles. The van der Waals surface area contributed by atoms with Gasteiger partial charge in [-0.2, -0.15) is 0 Å². The minimum atomic E-state index is -0.470. The summed E-state index contributed by atoms with van der Waals surface area (Å²) < 4.78 is 5.62. The highest BCUT2D eigenvalue weighted by Crippen LogP contribution is 2.32. The van der Waals surface area contributed by atoms with Crippen molar-refractivity contribution in [3.05, 3.63) is 59.7 Å². The number of fused-ring (bicyclic) bond motifs is 1. The summed E-state index contributed by atoms with van der Waals surface area (Å²) in [5, 5.41) is 0. The first-order valence-corrected chi connectivity index (χ1v) is 8.55. The van der Waals surface area contributed by atoms with Gasteiger partial charge in [0.15, 0.2) is 0 Å². The van der Waals surface area contributed by atoms with E-state index < -0.39 is 6.04 Å². The molecule has 2 aromatic carbocycles. The number of likely N-dealkylation sites (N-methyl/N-ethyl adjacent to an activating group) is 1. The number of urea groups is 1. The van der Waals surface area contributed by atoms with Gasteiger partial charge in [-0.05, 0) is 42.2 Å². The van der Waals surface area contributed by atoms with Crippen molar-refractivity contribution in [3.63, 3.8) is 0 Å². The number of nitrogens with zero attached hydrogens (tertiary/aromatic N) is 2. The van der Waals surface area contributed by atoms with Crippen LogP contribution < -0.4 is 9.64 Å². The number of imide groups is 1. The van der Waals surface area contributed by atoms with Crippen molar-refractivity contribution in [1.29, 1.82) is 0 Å². The molecule has 128 valence electrons. The molecule has 1 unspecified atom stereocenters. The second-order valence-corrected chi connectivity index (χ2v) is 6.52. The Kier molecular flexibility index (Phi) is 3.92. The molecule has 2 aliphatic rings. The maximum absolute atomic E-state index is 12.9. The molecule has 0 radical (unpaired) electrons. The number of benzene rings is 2. The lowest BCUT2D eigenvalue weighted by atomic mass is 10.0. The van der Waals surface area contributed by atoms with Crippen molar-refractivity contribution in [2.45, 2.75) is 25.3 Å². The number of anilines is 1. The molecule has 2 aliphatic heterocycles. The van der Waals surface area contributed by atoms with E-state index in [0.717, 1.165) is 36.3 Å². The molecule has 1 fully saturated rings. The minimum absolute atomic E-state index is 0.173. The molecule has 2 aromatic rings. The molecule has 0 aliphatic carbocycles. The van der Waals surface area contributed by atoms with Gasteiger partial charge in [0.05, 0.1) is 12.3 Å². The fourth-order valence-electron chi connectivity index (χ4n) is 3.49. The lowest BCUT2D eigenvalue weighted by Gasteiger charge is -2.20. The molecule has 3 amide bonds. The van der Waals surface area contributed by atoms with Gasteiger partial charge >= 0.3 is 6.03 Å². The molecule has 0 N–H and O–H groups in total. The number of carbonyl (C=O) groups is 2. The van der Waals surface area contributed by atoms with Gasteiger partial charge in [0.25, 0.3) is 5.91 Å². The van der Waals surface area contributed by atoms with Crippen LogP contribution >= 0.6 is 0 Å². The van der Waals surface area contributed by atoms with Gasteiger partial charge in [-0.1, -0.05) is 30.3 Å². The maximum Gasteiger partial charge on any atom is 0.331 e. The fourth-order valence-corrected chi connectivity index (χ4v) is 3.49. The summed E-state index contributed by atoms with van der Waals surface area (Å²) in [6.07, 6.45) is 2.38. The number of aryl methyl sites for hydroxylation is 1. The van der Waals surface area contributed by atoms with Gasteiger partial charge in [0.1, 0.15) is 11.8 Å². The fraction of sp³-hybridized carbons (Fsp3) is 0.300. The molecule has 0 bridgehead atoms. The molecule has 1 saturated heterocycles. The third-order valence-electron chi connectivity index (χ3n) is 4.89. The Morgan fingerprint density at radius 2 is 1.92 bits per heavy atom. The number of hydrogen-bond donors (Lipinski definition) is 0.